The molecule has 0 saturated heterocycles. The Labute approximate surface area is 238 Å². The fourth-order valence-corrected chi connectivity index (χ4v) is 5.56. The van der Waals surface area contributed by atoms with E-state index >= 15 is 0 Å². The van der Waals surface area contributed by atoms with Crippen molar-refractivity contribution in [2.75, 3.05) is 10.8 Å². The van der Waals surface area contributed by atoms with Crippen LogP contribution in [0, 0.1) is 0 Å². The average molecular weight is 597 g/mol. The van der Waals surface area contributed by atoms with Gasteiger partial charge in [0.1, 0.15) is 12.6 Å². The van der Waals surface area contributed by atoms with Gasteiger partial charge in [0.15, 0.2) is 0 Å². The molecule has 7 nitrogen and oxygen atoms in total. The van der Waals surface area contributed by atoms with Crippen molar-refractivity contribution in [1.29, 1.82) is 0 Å². The molecule has 0 aliphatic heterocycles. The van der Waals surface area contributed by atoms with E-state index in [1.54, 1.807) is 55.5 Å². The number of sulfonamides is 1. The van der Waals surface area contributed by atoms with Crippen LogP contribution >= 0.6 is 34.8 Å². The molecule has 0 heterocycles. The van der Waals surface area contributed by atoms with Crippen molar-refractivity contribution in [3.8, 4) is 0 Å². The maximum Gasteiger partial charge on any atom is 0.264 e. The van der Waals surface area contributed by atoms with Crippen LogP contribution in [0.4, 0.5) is 5.69 Å². The molecule has 3 aromatic rings. The fraction of sp³-hybridized carbons (Fsp3) is 0.259. The van der Waals surface area contributed by atoms with Gasteiger partial charge in [-0.2, -0.15) is 0 Å². The van der Waals surface area contributed by atoms with Crippen molar-refractivity contribution in [1.82, 2.24) is 10.2 Å². The summed E-state index contributed by atoms with van der Waals surface area (Å²) in [6, 6.07) is 17.8. The standard InChI is InChI=1S/C27H28Cl3N3O4S/c1-18(2)31-27(35)19(3)32(16-20-9-14-24(29)25(30)15-20)26(34)17-33(22-12-10-21(28)11-13-22)38(36,37)23-7-5-4-6-8-23/h4-15,18-19H,16-17H2,1-3H3,(H,31,35). The van der Waals surface area contributed by atoms with Gasteiger partial charge >= 0.3 is 0 Å². The first-order chi connectivity index (χ1) is 17.9. The second kappa shape index (κ2) is 12.8. The zero-order valence-electron chi connectivity index (χ0n) is 21.1. The third kappa shape index (κ3) is 7.41. The normalized spacial score (nSPS) is 12.2. The summed E-state index contributed by atoms with van der Waals surface area (Å²) in [5, 5.41) is 3.86. The molecule has 0 aromatic heterocycles. The predicted octanol–water partition coefficient (Wildman–Crippen LogP) is 5.78. The van der Waals surface area contributed by atoms with Crippen LogP contribution in [0.2, 0.25) is 15.1 Å². The summed E-state index contributed by atoms with van der Waals surface area (Å²) in [7, 11) is -4.14. The summed E-state index contributed by atoms with van der Waals surface area (Å²) in [6.45, 7) is 4.65. The summed E-state index contributed by atoms with van der Waals surface area (Å²) in [5.41, 5.74) is 0.876. The molecule has 1 unspecified atom stereocenters. The molecule has 0 aliphatic rings. The highest BCUT2D eigenvalue weighted by Gasteiger charge is 2.32. The van der Waals surface area contributed by atoms with Gasteiger partial charge in [-0.15, -0.1) is 0 Å². The highest BCUT2D eigenvalue weighted by Crippen LogP contribution is 2.27. The zero-order chi connectivity index (χ0) is 28.0. The van der Waals surface area contributed by atoms with Crippen LogP contribution in [0.1, 0.15) is 26.3 Å². The minimum Gasteiger partial charge on any atom is -0.352 e. The van der Waals surface area contributed by atoms with Crippen molar-refractivity contribution >= 4 is 62.3 Å². The lowest BCUT2D eigenvalue weighted by atomic mass is 10.1. The Morgan fingerprint density at radius 1 is 0.868 bits per heavy atom. The Morgan fingerprint density at radius 2 is 1.50 bits per heavy atom. The highest BCUT2D eigenvalue weighted by atomic mass is 35.5. The van der Waals surface area contributed by atoms with Gasteiger partial charge in [0.05, 0.1) is 20.6 Å². The maximum absolute atomic E-state index is 13.8. The van der Waals surface area contributed by atoms with Crippen molar-refractivity contribution in [3.63, 3.8) is 0 Å². The van der Waals surface area contributed by atoms with E-state index in [2.05, 4.69) is 5.32 Å². The molecule has 0 fully saturated rings. The number of halogens is 3. The molecule has 0 bridgehead atoms. The second-order valence-corrected chi connectivity index (χ2v) is 12.0. The van der Waals surface area contributed by atoms with Crippen molar-refractivity contribution in [2.24, 2.45) is 0 Å². The van der Waals surface area contributed by atoms with E-state index < -0.39 is 28.5 Å². The Morgan fingerprint density at radius 3 is 2.08 bits per heavy atom. The molecule has 11 heteroatoms. The van der Waals surface area contributed by atoms with Gasteiger partial charge in [-0.25, -0.2) is 8.42 Å². The molecule has 1 N–H and O–H groups in total. The number of nitrogens with one attached hydrogen (secondary N) is 1. The van der Waals surface area contributed by atoms with Crippen LogP contribution < -0.4 is 9.62 Å². The average Bonchev–Trinajstić information content (AvgIpc) is 2.88. The van der Waals surface area contributed by atoms with Gasteiger partial charge < -0.3 is 10.2 Å². The maximum atomic E-state index is 13.8. The van der Waals surface area contributed by atoms with Gasteiger partial charge in [-0.1, -0.05) is 59.1 Å². The Kier molecular flexibility index (Phi) is 10.1. The largest absolute Gasteiger partial charge is 0.352 e. The van der Waals surface area contributed by atoms with E-state index in [4.69, 9.17) is 34.8 Å². The third-order valence-electron chi connectivity index (χ3n) is 5.66. The van der Waals surface area contributed by atoms with Crippen LogP contribution in [-0.4, -0.2) is 43.8 Å². The molecule has 2 amide bonds. The number of amides is 2. The monoisotopic (exact) mass is 595 g/mol. The summed E-state index contributed by atoms with van der Waals surface area (Å²) in [4.78, 5) is 28.1. The predicted molar refractivity (Wildman–Crippen MR) is 152 cm³/mol. The lowest BCUT2D eigenvalue weighted by molar-refractivity contribution is -0.139. The molecule has 0 saturated carbocycles. The van der Waals surface area contributed by atoms with Gasteiger partial charge in [-0.05, 0) is 74.9 Å². The van der Waals surface area contributed by atoms with Crippen molar-refractivity contribution in [3.05, 3.63) is 93.4 Å². The van der Waals surface area contributed by atoms with Gasteiger partial charge in [0, 0.05) is 17.6 Å². The van der Waals surface area contributed by atoms with E-state index in [0.717, 1.165) is 4.31 Å². The summed E-state index contributed by atoms with van der Waals surface area (Å²) in [6.07, 6.45) is 0. The zero-order valence-corrected chi connectivity index (χ0v) is 24.2. The number of carbonyl (C=O) groups excluding carboxylic acids is 2. The van der Waals surface area contributed by atoms with Crippen LogP contribution in [0.15, 0.2) is 77.7 Å². The minimum absolute atomic E-state index is 0.00223. The van der Waals surface area contributed by atoms with E-state index in [1.807, 2.05) is 13.8 Å². The smallest absolute Gasteiger partial charge is 0.264 e. The molecule has 202 valence electrons. The summed E-state index contributed by atoms with van der Waals surface area (Å²) in [5.74, 6) is -0.964. The molecule has 1 atom stereocenters. The Bertz CT molecular complexity index is 1380. The first-order valence-corrected chi connectivity index (χ1v) is 14.3. The lowest BCUT2D eigenvalue weighted by Gasteiger charge is -2.32. The number of rotatable bonds is 10. The molecule has 3 aromatic carbocycles. The molecule has 0 aliphatic carbocycles. The van der Waals surface area contributed by atoms with Crippen LogP contribution in [0.5, 0.6) is 0 Å². The molecular weight excluding hydrogens is 569 g/mol. The first-order valence-electron chi connectivity index (χ1n) is 11.8. The molecular formula is C27H28Cl3N3O4S. The molecule has 3 rings (SSSR count). The summed E-state index contributed by atoms with van der Waals surface area (Å²) < 4.78 is 28.4. The fourth-order valence-electron chi connectivity index (χ4n) is 3.68. The van der Waals surface area contributed by atoms with Crippen molar-refractivity contribution < 1.29 is 18.0 Å². The van der Waals surface area contributed by atoms with E-state index in [-0.39, 0.29) is 29.1 Å². The third-order valence-corrected chi connectivity index (χ3v) is 8.44. The van der Waals surface area contributed by atoms with Crippen LogP contribution in [0.3, 0.4) is 0 Å². The van der Waals surface area contributed by atoms with Gasteiger partial charge in [-0.3, -0.25) is 13.9 Å². The molecule has 0 radical (unpaired) electrons. The Hall–Kier alpha value is -2.78. The first kappa shape index (κ1) is 29.8. The van der Waals surface area contributed by atoms with Crippen LogP contribution in [0.25, 0.3) is 0 Å². The van der Waals surface area contributed by atoms with Gasteiger partial charge in [0.2, 0.25) is 11.8 Å². The number of carbonyl (C=O) groups is 2. The number of anilines is 1. The number of hydrogen-bond acceptors (Lipinski definition) is 4. The second-order valence-electron chi connectivity index (χ2n) is 8.91. The van der Waals surface area contributed by atoms with E-state index in [0.29, 0.717) is 20.6 Å². The molecule has 0 spiro atoms. The van der Waals surface area contributed by atoms with E-state index in [9.17, 15) is 18.0 Å². The minimum atomic E-state index is -4.14. The quantitative estimate of drug-likeness (QED) is 0.321. The van der Waals surface area contributed by atoms with Crippen LogP contribution in [-0.2, 0) is 26.2 Å². The van der Waals surface area contributed by atoms with E-state index in [1.165, 1.54) is 29.2 Å². The highest BCUT2D eigenvalue weighted by molar-refractivity contribution is 7.92. The Balaban J connectivity index is 2.02. The van der Waals surface area contributed by atoms with Gasteiger partial charge in [0.25, 0.3) is 10.0 Å². The summed E-state index contributed by atoms with van der Waals surface area (Å²) >= 11 is 18.3. The number of hydrogen-bond donors (Lipinski definition) is 1. The SMILES string of the molecule is CC(C)NC(=O)C(C)N(Cc1ccc(Cl)c(Cl)c1)C(=O)CN(c1ccc(Cl)cc1)S(=O)(=O)c1ccccc1. The van der Waals surface area contributed by atoms with Crippen molar-refractivity contribution in [2.45, 2.75) is 44.3 Å². The lowest BCUT2D eigenvalue weighted by Crippen LogP contribution is -2.52. The molecule has 38 heavy (non-hydrogen) atoms. The topological polar surface area (TPSA) is 86.8 Å². The number of nitrogens with zero attached hydrogens (tertiary/aromatic N) is 2. The number of benzene rings is 3.